The minimum Gasteiger partial charge on any atom is -0.368 e. The fourth-order valence-corrected chi connectivity index (χ4v) is 5.82. The van der Waals surface area contributed by atoms with E-state index in [1.807, 2.05) is 29.2 Å². The number of rotatable bonds is 4. The van der Waals surface area contributed by atoms with Crippen molar-refractivity contribution >= 4 is 33.8 Å². The number of hydrogen-bond donors (Lipinski definition) is 1. The monoisotopic (exact) mass is 495 g/mol. The largest absolute Gasteiger partial charge is 0.368 e. The van der Waals surface area contributed by atoms with E-state index in [1.165, 1.54) is 11.3 Å². The maximum Gasteiger partial charge on any atom is 0.274 e. The summed E-state index contributed by atoms with van der Waals surface area (Å²) in [4.78, 5) is 32.1. The third-order valence-corrected chi connectivity index (χ3v) is 7.68. The number of anilines is 1. The van der Waals surface area contributed by atoms with Crippen LogP contribution in [0.3, 0.4) is 0 Å². The first kappa shape index (κ1) is 22.4. The number of nitrogens with zero attached hydrogens (tertiary/aromatic N) is 6. The Morgan fingerprint density at radius 2 is 1.81 bits per heavy atom. The van der Waals surface area contributed by atoms with E-state index in [9.17, 15) is 4.79 Å². The van der Waals surface area contributed by atoms with Crippen molar-refractivity contribution in [2.45, 2.75) is 13.8 Å². The Hall–Kier alpha value is -4.11. The summed E-state index contributed by atoms with van der Waals surface area (Å²) in [6.07, 6.45) is 7.11. The number of nitrogens with one attached hydrogen (secondary N) is 1. The number of hydrogen-bond acceptors (Lipinski definition) is 7. The standard InChI is InChI=1S/C27H25N7OS/c1-17-14-18(2)22-21(15-17)23(32-31-22)26-30-24(25(36-26)19-4-3-7-29-16-19)27(35)34-12-10-33(11-13-34)20-5-8-28-9-6-20/h3-9,14-16H,10-13H2,1-2H3,(H,31,32). The zero-order valence-electron chi connectivity index (χ0n) is 20.1. The number of aromatic nitrogens is 5. The molecule has 1 N–H and O–H groups in total. The summed E-state index contributed by atoms with van der Waals surface area (Å²) in [6.45, 7) is 6.93. The number of carbonyl (C=O) groups excluding carboxylic acids is 1. The van der Waals surface area contributed by atoms with Gasteiger partial charge in [0.2, 0.25) is 0 Å². The first-order chi connectivity index (χ1) is 17.6. The molecule has 0 unspecified atom stereocenters. The number of amides is 1. The SMILES string of the molecule is Cc1cc(C)c2[nH]nc(-c3nc(C(=O)N4CCN(c5ccncc5)CC4)c(-c4cccnc4)s3)c2c1. The number of thiazole rings is 1. The molecule has 0 saturated carbocycles. The Kier molecular flexibility index (Phi) is 5.69. The molecule has 0 aliphatic carbocycles. The molecular formula is C27H25N7OS. The van der Waals surface area contributed by atoms with Gasteiger partial charge in [0, 0.05) is 67.6 Å². The van der Waals surface area contributed by atoms with Gasteiger partial charge in [-0.15, -0.1) is 11.3 Å². The minimum atomic E-state index is -0.0575. The predicted molar refractivity (Wildman–Crippen MR) is 142 cm³/mol. The first-order valence-electron chi connectivity index (χ1n) is 11.9. The van der Waals surface area contributed by atoms with E-state index in [0.29, 0.717) is 18.8 Å². The molecular weight excluding hydrogens is 470 g/mol. The lowest BCUT2D eigenvalue weighted by atomic mass is 10.1. The van der Waals surface area contributed by atoms with Gasteiger partial charge in [0.1, 0.15) is 16.4 Å². The Bertz CT molecular complexity index is 1540. The van der Waals surface area contributed by atoms with Crippen molar-refractivity contribution in [3.05, 3.63) is 78.0 Å². The lowest BCUT2D eigenvalue weighted by Crippen LogP contribution is -2.49. The van der Waals surface area contributed by atoms with Crippen molar-refractivity contribution in [2.75, 3.05) is 31.1 Å². The van der Waals surface area contributed by atoms with Gasteiger partial charge in [-0.25, -0.2) is 4.98 Å². The zero-order chi connectivity index (χ0) is 24.6. The van der Waals surface area contributed by atoms with Crippen molar-refractivity contribution in [3.8, 4) is 21.1 Å². The molecule has 0 radical (unpaired) electrons. The molecule has 4 aromatic heterocycles. The van der Waals surface area contributed by atoms with E-state index in [-0.39, 0.29) is 5.91 Å². The topological polar surface area (TPSA) is 90.9 Å². The lowest BCUT2D eigenvalue weighted by Gasteiger charge is -2.35. The van der Waals surface area contributed by atoms with Crippen LogP contribution in [0.1, 0.15) is 21.6 Å². The molecule has 1 fully saturated rings. The molecule has 1 saturated heterocycles. The molecule has 9 heteroatoms. The van der Waals surface area contributed by atoms with Crippen molar-refractivity contribution in [3.63, 3.8) is 0 Å². The van der Waals surface area contributed by atoms with E-state index in [0.717, 1.165) is 61.9 Å². The van der Waals surface area contributed by atoms with E-state index in [4.69, 9.17) is 4.98 Å². The normalized spacial score (nSPS) is 13.9. The summed E-state index contributed by atoms with van der Waals surface area (Å²) >= 11 is 1.49. The van der Waals surface area contributed by atoms with Gasteiger partial charge in [0.05, 0.1) is 10.4 Å². The van der Waals surface area contributed by atoms with Gasteiger partial charge in [-0.2, -0.15) is 5.10 Å². The zero-order valence-corrected chi connectivity index (χ0v) is 20.9. The average molecular weight is 496 g/mol. The van der Waals surface area contributed by atoms with Gasteiger partial charge < -0.3 is 9.80 Å². The second-order valence-corrected chi connectivity index (χ2v) is 10.00. The van der Waals surface area contributed by atoms with Crippen LogP contribution < -0.4 is 4.90 Å². The number of pyridine rings is 2. The maximum absolute atomic E-state index is 13.8. The predicted octanol–water partition coefficient (Wildman–Crippen LogP) is 4.72. The van der Waals surface area contributed by atoms with Crippen LogP contribution >= 0.6 is 11.3 Å². The molecule has 5 aromatic rings. The van der Waals surface area contributed by atoms with E-state index >= 15 is 0 Å². The molecule has 8 nitrogen and oxygen atoms in total. The van der Waals surface area contributed by atoms with Crippen molar-refractivity contribution in [1.82, 2.24) is 30.0 Å². The molecule has 36 heavy (non-hydrogen) atoms. The highest BCUT2D eigenvalue weighted by Gasteiger charge is 2.29. The number of carbonyl (C=O) groups is 1. The van der Waals surface area contributed by atoms with Crippen LogP contribution in [0.4, 0.5) is 5.69 Å². The Morgan fingerprint density at radius 1 is 1.00 bits per heavy atom. The summed E-state index contributed by atoms with van der Waals surface area (Å²) in [5, 5.41) is 9.51. The number of piperazine rings is 1. The highest BCUT2D eigenvalue weighted by molar-refractivity contribution is 7.18. The van der Waals surface area contributed by atoms with E-state index < -0.39 is 0 Å². The van der Waals surface area contributed by atoms with Gasteiger partial charge >= 0.3 is 0 Å². The van der Waals surface area contributed by atoms with Crippen LogP contribution in [-0.2, 0) is 0 Å². The van der Waals surface area contributed by atoms with Gasteiger partial charge in [-0.05, 0) is 43.7 Å². The van der Waals surface area contributed by atoms with Crippen molar-refractivity contribution < 1.29 is 4.79 Å². The Balaban J connectivity index is 1.36. The fraction of sp³-hybridized carbons (Fsp3) is 0.222. The van der Waals surface area contributed by atoms with Crippen molar-refractivity contribution in [1.29, 1.82) is 0 Å². The Morgan fingerprint density at radius 3 is 2.56 bits per heavy atom. The van der Waals surface area contributed by atoms with Gasteiger partial charge in [-0.3, -0.25) is 19.9 Å². The third-order valence-electron chi connectivity index (χ3n) is 6.57. The molecule has 5 heterocycles. The number of aromatic amines is 1. The summed E-state index contributed by atoms with van der Waals surface area (Å²) < 4.78 is 0. The van der Waals surface area contributed by atoms with Crippen LogP contribution in [0, 0.1) is 13.8 Å². The molecule has 1 aromatic carbocycles. The number of fused-ring (bicyclic) bond motifs is 1. The molecule has 0 atom stereocenters. The second kappa shape index (κ2) is 9.16. The second-order valence-electron chi connectivity index (χ2n) is 9.00. The highest BCUT2D eigenvalue weighted by Crippen LogP contribution is 2.38. The molecule has 6 rings (SSSR count). The van der Waals surface area contributed by atoms with E-state index in [1.54, 1.807) is 24.8 Å². The lowest BCUT2D eigenvalue weighted by molar-refractivity contribution is 0.0742. The summed E-state index contributed by atoms with van der Waals surface area (Å²) in [6, 6.07) is 12.1. The van der Waals surface area contributed by atoms with Crippen LogP contribution in [0.25, 0.3) is 32.0 Å². The fourth-order valence-electron chi connectivity index (χ4n) is 4.77. The molecule has 1 aliphatic rings. The summed E-state index contributed by atoms with van der Waals surface area (Å²) in [5.74, 6) is -0.0575. The van der Waals surface area contributed by atoms with Crippen LogP contribution in [0.5, 0.6) is 0 Å². The van der Waals surface area contributed by atoms with Crippen LogP contribution in [0.15, 0.2) is 61.2 Å². The van der Waals surface area contributed by atoms with Gasteiger partial charge in [-0.1, -0.05) is 17.7 Å². The van der Waals surface area contributed by atoms with Crippen LogP contribution in [-0.4, -0.2) is 62.1 Å². The van der Waals surface area contributed by atoms with Gasteiger partial charge in [0.15, 0.2) is 0 Å². The first-order valence-corrected chi connectivity index (χ1v) is 12.7. The smallest absolute Gasteiger partial charge is 0.274 e. The summed E-state index contributed by atoms with van der Waals surface area (Å²) in [5.41, 5.74) is 6.53. The van der Waals surface area contributed by atoms with Crippen molar-refractivity contribution in [2.24, 2.45) is 0 Å². The summed E-state index contributed by atoms with van der Waals surface area (Å²) in [7, 11) is 0. The van der Waals surface area contributed by atoms with Crippen LogP contribution in [0.2, 0.25) is 0 Å². The molecule has 0 bridgehead atoms. The van der Waals surface area contributed by atoms with E-state index in [2.05, 4.69) is 51.0 Å². The number of aryl methyl sites for hydroxylation is 2. The molecule has 180 valence electrons. The molecule has 0 spiro atoms. The third kappa shape index (κ3) is 4.01. The molecule has 1 aliphatic heterocycles. The molecule has 1 amide bonds. The van der Waals surface area contributed by atoms with Gasteiger partial charge in [0.25, 0.3) is 5.91 Å². The minimum absolute atomic E-state index is 0.0575. The number of benzene rings is 1. The maximum atomic E-state index is 13.8. The quantitative estimate of drug-likeness (QED) is 0.388. The average Bonchev–Trinajstić information content (AvgIpc) is 3.54. The Labute approximate surface area is 212 Å². The number of H-pyrrole nitrogens is 1. The highest BCUT2D eigenvalue weighted by atomic mass is 32.1.